The Morgan fingerprint density at radius 3 is 3.05 bits per heavy atom. The molecule has 0 saturated heterocycles. The van der Waals surface area contributed by atoms with E-state index in [4.69, 9.17) is 4.74 Å². The lowest BCUT2D eigenvalue weighted by Crippen LogP contribution is -2.23. The molecule has 2 aromatic rings. The third-order valence-corrected chi connectivity index (χ3v) is 3.71. The van der Waals surface area contributed by atoms with Crippen LogP contribution in [0.5, 0.6) is 11.5 Å². The van der Waals surface area contributed by atoms with E-state index in [2.05, 4.69) is 26.2 Å². The molecular formula is C15H13BrN2O3. The molecule has 3 rings (SSSR count). The van der Waals surface area contributed by atoms with E-state index in [1.54, 1.807) is 0 Å². The second-order valence-electron chi connectivity index (χ2n) is 4.77. The van der Waals surface area contributed by atoms with E-state index in [0.29, 0.717) is 18.7 Å². The Kier molecular flexibility index (Phi) is 3.79. The maximum atomic E-state index is 12.0. The molecule has 1 aromatic carbocycles. The van der Waals surface area contributed by atoms with E-state index in [9.17, 15) is 9.90 Å². The molecule has 1 aliphatic rings. The van der Waals surface area contributed by atoms with Crippen LogP contribution in [0.25, 0.3) is 0 Å². The van der Waals surface area contributed by atoms with Gasteiger partial charge in [-0.3, -0.25) is 9.78 Å². The van der Waals surface area contributed by atoms with Crippen molar-refractivity contribution in [2.45, 2.75) is 13.0 Å². The first-order valence-electron chi connectivity index (χ1n) is 6.50. The molecule has 0 bridgehead atoms. The van der Waals surface area contributed by atoms with Crippen molar-refractivity contribution < 1.29 is 14.6 Å². The first-order chi connectivity index (χ1) is 10.1. The summed E-state index contributed by atoms with van der Waals surface area (Å²) in [6.45, 7) is 1.03. The van der Waals surface area contributed by atoms with Crippen LogP contribution >= 0.6 is 15.9 Å². The lowest BCUT2D eigenvalue weighted by molar-refractivity contribution is 0.0950. The molecule has 1 aliphatic heterocycles. The summed E-state index contributed by atoms with van der Waals surface area (Å²) in [6.07, 6.45) is 3.58. The third kappa shape index (κ3) is 3.00. The minimum absolute atomic E-state index is 0.0330. The van der Waals surface area contributed by atoms with Crippen LogP contribution in [0.15, 0.2) is 35.1 Å². The normalized spacial score (nSPS) is 12.6. The Morgan fingerprint density at radius 2 is 2.24 bits per heavy atom. The van der Waals surface area contributed by atoms with E-state index in [1.165, 1.54) is 18.5 Å². The zero-order chi connectivity index (χ0) is 14.8. The molecule has 0 saturated carbocycles. The van der Waals surface area contributed by atoms with Crippen LogP contribution in [0.1, 0.15) is 21.5 Å². The van der Waals surface area contributed by atoms with Crippen molar-refractivity contribution >= 4 is 21.8 Å². The average Bonchev–Trinajstić information content (AvgIpc) is 2.92. The van der Waals surface area contributed by atoms with E-state index >= 15 is 0 Å². The summed E-state index contributed by atoms with van der Waals surface area (Å²) in [5, 5.41) is 12.2. The van der Waals surface area contributed by atoms with Gasteiger partial charge < -0.3 is 15.2 Å². The molecule has 0 spiro atoms. The molecule has 0 unspecified atom stereocenters. The number of amides is 1. The summed E-state index contributed by atoms with van der Waals surface area (Å²) in [5.74, 6) is 0.534. The largest absolute Gasteiger partial charge is 0.506 e. The summed E-state index contributed by atoms with van der Waals surface area (Å²) in [6, 6.07) is 5.35. The maximum absolute atomic E-state index is 12.0. The number of carbonyl (C=O) groups excluding carboxylic acids is 1. The van der Waals surface area contributed by atoms with Crippen LogP contribution in [0.3, 0.4) is 0 Å². The molecule has 21 heavy (non-hydrogen) atoms. The van der Waals surface area contributed by atoms with Gasteiger partial charge in [-0.25, -0.2) is 0 Å². The molecule has 6 heteroatoms. The minimum atomic E-state index is -0.287. The molecule has 2 N–H and O–H groups in total. The quantitative estimate of drug-likeness (QED) is 0.893. The topological polar surface area (TPSA) is 71.5 Å². The number of pyridine rings is 1. The van der Waals surface area contributed by atoms with Crippen LogP contribution < -0.4 is 10.1 Å². The molecule has 0 radical (unpaired) electrons. The van der Waals surface area contributed by atoms with Gasteiger partial charge in [0.1, 0.15) is 11.5 Å². The van der Waals surface area contributed by atoms with Crippen LogP contribution in [0, 0.1) is 0 Å². The molecule has 5 nitrogen and oxygen atoms in total. The van der Waals surface area contributed by atoms with Gasteiger partial charge in [0, 0.05) is 29.2 Å². The van der Waals surface area contributed by atoms with Crippen molar-refractivity contribution in [3.8, 4) is 11.5 Å². The van der Waals surface area contributed by atoms with Gasteiger partial charge in [0.25, 0.3) is 5.91 Å². The number of ether oxygens (including phenoxy) is 1. The highest BCUT2D eigenvalue weighted by Gasteiger charge is 2.18. The van der Waals surface area contributed by atoms with Gasteiger partial charge in [-0.2, -0.15) is 0 Å². The van der Waals surface area contributed by atoms with Crippen molar-refractivity contribution in [1.82, 2.24) is 10.3 Å². The molecular weight excluding hydrogens is 336 g/mol. The van der Waals surface area contributed by atoms with E-state index < -0.39 is 0 Å². The van der Waals surface area contributed by atoms with E-state index in [1.807, 2.05) is 12.1 Å². The minimum Gasteiger partial charge on any atom is -0.506 e. The number of nitrogens with zero attached hydrogens (tertiary/aromatic N) is 1. The summed E-state index contributed by atoms with van der Waals surface area (Å²) < 4.78 is 6.58. The van der Waals surface area contributed by atoms with Crippen molar-refractivity contribution in [3.05, 3.63) is 51.8 Å². The summed E-state index contributed by atoms with van der Waals surface area (Å²) >= 11 is 3.47. The Hall–Kier alpha value is -2.08. The smallest absolute Gasteiger partial charge is 0.253 e. The predicted molar refractivity (Wildman–Crippen MR) is 80.4 cm³/mol. The zero-order valence-corrected chi connectivity index (χ0v) is 12.7. The number of nitrogens with one attached hydrogen (secondary N) is 1. The molecule has 0 aliphatic carbocycles. The molecule has 2 heterocycles. The number of aromatic hydroxyl groups is 1. The molecule has 108 valence electrons. The van der Waals surface area contributed by atoms with Crippen molar-refractivity contribution in [3.63, 3.8) is 0 Å². The zero-order valence-electron chi connectivity index (χ0n) is 11.1. The predicted octanol–water partition coefficient (Wildman–Crippen LogP) is 2.41. The number of aromatic nitrogens is 1. The number of rotatable bonds is 3. The summed E-state index contributed by atoms with van der Waals surface area (Å²) in [4.78, 5) is 15.8. The van der Waals surface area contributed by atoms with E-state index in [-0.39, 0.29) is 11.7 Å². The number of hydrogen-bond donors (Lipinski definition) is 2. The van der Waals surface area contributed by atoms with Crippen molar-refractivity contribution in [1.29, 1.82) is 0 Å². The third-order valence-electron chi connectivity index (χ3n) is 3.25. The van der Waals surface area contributed by atoms with Gasteiger partial charge in [-0.15, -0.1) is 0 Å². The van der Waals surface area contributed by atoms with Crippen molar-refractivity contribution in [2.75, 3.05) is 6.61 Å². The fourth-order valence-electron chi connectivity index (χ4n) is 2.31. The molecule has 1 aromatic heterocycles. The second kappa shape index (κ2) is 5.73. The lowest BCUT2D eigenvalue weighted by Gasteiger charge is -2.10. The highest BCUT2D eigenvalue weighted by Crippen LogP contribution is 2.32. The average molecular weight is 349 g/mol. The Morgan fingerprint density at radius 1 is 1.38 bits per heavy atom. The Labute approximate surface area is 130 Å². The maximum Gasteiger partial charge on any atom is 0.253 e. The standard InChI is InChI=1S/C15H13BrN2O3/c16-12-3-9-1-2-21-14(9)10(4-12)7-18-15(20)11-5-13(19)8-17-6-11/h3-6,8,19H,1-2,7H2,(H,18,20). The van der Waals surface area contributed by atoms with Crippen molar-refractivity contribution in [2.24, 2.45) is 0 Å². The highest BCUT2D eigenvalue weighted by atomic mass is 79.9. The second-order valence-corrected chi connectivity index (χ2v) is 5.68. The van der Waals surface area contributed by atoms with Crippen LogP contribution in [0.2, 0.25) is 0 Å². The SMILES string of the molecule is O=C(NCc1cc(Br)cc2c1OCC2)c1cncc(O)c1. The number of halogens is 1. The number of fused-ring (bicyclic) bond motifs is 1. The molecule has 0 fully saturated rings. The van der Waals surface area contributed by atoms with Crippen LogP contribution in [-0.2, 0) is 13.0 Å². The van der Waals surface area contributed by atoms with Gasteiger partial charge in [0.05, 0.1) is 18.4 Å². The lowest BCUT2D eigenvalue weighted by atomic mass is 10.1. The Balaban J connectivity index is 1.75. The highest BCUT2D eigenvalue weighted by molar-refractivity contribution is 9.10. The first kappa shape index (κ1) is 13.9. The number of hydrogen-bond acceptors (Lipinski definition) is 4. The first-order valence-corrected chi connectivity index (χ1v) is 7.29. The van der Waals surface area contributed by atoms with Gasteiger partial charge >= 0.3 is 0 Å². The monoisotopic (exact) mass is 348 g/mol. The van der Waals surface area contributed by atoms with Crippen LogP contribution in [0.4, 0.5) is 0 Å². The fourth-order valence-corrected chi connectivity index (χ4v) is 2.86. The van der Waals surface area contributed by atoms with Gasteiger partial charge in [-0.1, -0.05) is 15.9 Å². The Bertz CT molecular complexity index is 703. The summed E-state index contributed by atoms with van der Waals surface area (Å²) in [5.41, 5.74) is 2.40. The van der Waals surface area contributed by atoms with Gasteiger partial charge in [0.2, 0.25) is 0 Å². The van der Waals surface area contributed by atoms with Gasteiger partial charge in [0.15, 0.2) is 0 Å². The molecule has 0 atom stereocenters. The fraction of sp³-hybridized carbons (Fsp3) is 0.200. The number of benzene rings is 1. The van der Waals surface area contributed by atoms with Gasteiger partial charge in [-0.05, 0) is 23.8 Å². The van der Waals surface area contributed by atoms with E-state index in [0.717, 1.165) is 27.8 Å². The van der Waals surface area contributed by atoms with Crippen LogP contribution in [-0.4, -0.2) is 22.6 Å². The number of carbonyl (C=O) groups is 1. The summed E-state index contributed by atoms with van der Waals surface area (Å²) in [7, 11) is 0. The molecule has 1 amide bonds.